The van der Waals surface area contributed by atoms with E-state index in [4.69, 9.17) is 4.52 Å². The van der Waals surface area contributed by atoms with Crippen molar-refractivity contribution in [3.63, 3.8) is 0 Å². The fourth-order valence-electron chi connectivity index (χ4n) is 3.29. The van der Waals surface area contributed by atoms with E-state index in [0.717, 1.165) is 11.1 Å². The van der Waals surface area contributed by atoms with Crippen molar-refractivity contribution in [2.45, 2.75) is 25.9 Å². The highest BCUT2D eigenvalue weighted by atomic mass is 16.5. The van der Waals surface area contributed by atoms with Crippen LogP contribution in [0.5, 0.6) is 0 Å². The number of nitrogens with zero attached hydrogens (tertiary/aromatic N) is 3. The molecule has 1 N–H and O–H groups in total. The summed E-state index contributed by atoms with van der Waals surface area (Å²) in [7, 11) is 0. The molecule has 0 aliphatic carbocycles. The molecule has 2 aromatic carbocycles. The SMILES string of the molecule is Cc1noc(-c2ccc(C(=O)N3Cc4ccccc4C[C@H]3C(=O)O)cc2)n1. The van der Waals surface area contributed by atoms with Gasteiger partial charge in [0.05, 0.1) is 0 Å². The number of aromatic nitrogens is 2. The van der Waals surface area contributed by atoms with Gasteiger partial charge in [0.25, 0.3) is 11.8 Å². The van der Waals surface area contributed by atoms with Gasteiger partial charge in [-0.25, -0.2) is 4.79 Å². The molecule has 0 saturated carbocycles. The topological polar surface area (TPSA) is 96.5 Å². The van der Waals surface area contributed by atoms with E-state index in [1.165, 1.54) is 4.90 Å². The Kier molecular flexibility index (Phi) is 4.19. The highest BCUT2D eigenvalue weighted by molar-refractivity contribution is 5.97. The lowest BCUT2D eigenvalue weighted by Crippen LogP contribution is -2.48. The first-order valence-electron chi connectivity index (χ1n) is 8.54. The summed E-state index contributed by atoms with van der Waals surface area (Å²) in [4.78, 5) is 30.3. The third-order valence-electron chi connectivity index (χ3n) is 4.70. The van der Waals surface area contributed by atoms with E-state index in [9.17, 15) is 14.7 Å². The average molecular weight is 363 g/mol. The Labute approximate surface area is 155 Å². The van der Waals surface area contributed by atoms with E-state index in [2.05, 4.69) is 10.1 Å². The molecule has 0 radical (unpaired) electrons. The smallest absolute Gasteiger partial charge is 0.326 e. The Morgan fingerprint density at radius 3 is 2.44 bits per heavy atom. The fourth-order valence-corrected chi connectivity index (χ4v) is 3.29. The van der Waals surface area contributed by atoms with Gasteiger partial charge in [-0.1, -0.05) is 29.4 Å². The number of carbonyl (C=O) groups excluding carboxylic acids is 1. The van der Waals surface area contributed by atoms with Crippen molar-refractivity contribution in [2.75, 3.05) is 0 Å². The van der Waals surface area contributed by atoms with Crippen molar-refractivity contribution < 1.29 is 19.2 Å². The molecule has 1 aliphatic heterocycles. The number of hydrogen-bond acceptors (Lipinski definition) is 5. The van der Waals surface area contributed by atoms with Gasteiger partial charge in [-0.3, -0.25) is 4.79 Å². The van der Waals surface area contributed by atoms with Crippen molar-refractivity contribution in [1.82, 2.24) is 15.0 Å². The highest BCUT2D eigenvalue weighted by Crippen LogP contribution is 2.26. The maximum Gasteiger partial charge on any atom is 0.326 e. The molecule has 1 aromatic heterocycles. The quantitative estimate of drug-likeness (QED) is 0.768. The second-order valence-electron chi connectivity index (χ2n) is 6.48. The first-order valence-corrected chi connectivity index (χ1v) is 8.54. The molecule has 27 heavy (non-hydrogen) atoms. The van der Waals surface area contributed by atoms with Crippen molar-refractivity contribution in [3.8, 4) is 11.5 Å². The second kappa shape index (κ2) is 6.68. The van der Waals surface area contributed by atoms with Crippen LogP contribution in [0.25, 0.3) is 11.5 Å². The van der Waals surface area contributed by atoms with E-state index in [0.29, 0.717) is 29.3 Å². The number of hydrogen-bond donors (Lipinski definition) is 1. The molecule has 0 spiro atoms. The number of aryl methyl sites for hydroxylation is 1. The van der Waals surface area contributed by atoms with Crippen LogP contribution in [0.2, 0.25) is 0 Å². The minimum absolute atomic E-state index is 0.274. The third-order valence-corrected chi connectivity index (χ3v) is 4.70. The molecule has 1 atom stereocenters. The van der Waals surface area contributed by atoms with Crippen LogP contribution in [0.3, 0.4) is 0 Å². The van der Waals surface area contributed by atoms with Crippen LogP contribution in [-0.2, 0) is 17.8 Å². The number of carboxylic acid groups (broad SMARTS) is 1. The third kappa shape index (κ3) is 3.19. The molecular weight excluding hydrogens is 346 g/mol. The summed E-state index contributed by atoms with van der Waals surface area (Å²) in [6.45, 7) is 2.00. The summed E-state index contributed by atoms with van der Waals surface area (Å²) in [5, 5.41) is 13.4. The molecular formula is C20H17N3O4. The minimum atomic E-state index is -1.00. The number of carboxylic acids is 1. The minimum Gasteiger partial charge on any atom is -0.480 e. The van der Waals surface area contributed by atoms with Gasteiger partial charge in [0, 0.05) is 24.1 Å². The van der Waals surface area contributed by atoms with Gasteiger partial charge in [-0.2, -0.15) is 4.98 Å². The van der Waals surface area contributed by atoms with Crippen molar-refractivity contribution in [2.24, 2.45) is 0 Å². The van der Waals surface area contributed by atoms with Crippen LogP contribution in [-0.4, -0.2) is 38.1 Å². The monoisotopic (exact) mass is 363 g/mol. The van der Waals surface area contributed by atoms with E-state index in [1.54, 1.807) is 31.2 Å². The predicted octanol–water partition coefficient (Wildman–Crippen LogP) is 2.70. The lowest BCUT2D eigenvalue weighted by Gasteiger charge is -2.34. The second-order valence-corrected chi connectivity index (χ2v) is 6.48. The maximum absolute atomic E-state index is 13.0. The van der Waals surface area contributed by atoms with Gasteiger partial charge in [0.2, 0.25) is 0 Å². The van der Waals surface area contributed by atoms with Crippen LogP contribution in [0.15, 0.2) is 53.1 Å². The first-order chi connectivity index (χ1) is 13.0. The van der Waals surface area contributed by atoms with Gasteiger partial charge >= 0.3 is 5.97 Å². The van der Waals surface area contributed by atoms with Crippen molar-refractivity contribution in [3.05, 3.63) is 71.0 Å². The fraction of sp³-hybridized carbons (Fsp3) is 0.200. The van der Waals surface area contributed by atoms with Gasteiger partial charge in [0.15, 0.2) is 5.82 Å². The lowest BCUT2D eigenvalue weighted by molar-refractivity contribution is -0.142. The molecule has 0 fully saturated rings. The highest BCUT2D eigenvalue weighted by Gasteiger charge is 2.34. The van der Waals surface area contributed by atoms with Gasteiger partial charge in [-0.15, -0.1) is 0 Å². The van der Waals surface area contributed by atoms with Crippen LogP contribution >= 0.6 is 0 Å². The molecule has 3 aromatic rings. The van der Waals surface area contributed by atoms with E-state index >= 15 is 0 Å². The van der Waals surface area contributed by atoms with Crippen LogP contribution in [0.1, 0.15) is 27.3 Å². The van der Waals surface area contributed by atoms with Crippen molar-refractivity contribution in [1.29, 1.82) is 0 Å². The van der Waals surface area contributed by atoms with E-state index in [1.807, 2.05) is 24.3 Å². The Hall–Kier alpha value is -3.48. The molecule has 0 bridgehead atoms. The summed E-state index contributed by atoms with van der Waals surface area (Å²) in [6, 6.07) is 13.5. The molecule has 4 rings (SSSR count). The Morgan fingerprint density at radius 2 is 1.81 bits per heavy atom. The number of aliphatic carboxylic acids is 1. The molecule has 1 amide bonds. The van der Waals surface area contributed by atoms with Gasteiger partial charge in [-0.05, 0) is 42.3 Å². The zero-order valence-electron chi connectivity index (χ0n) is 14.6. The summed E-state index contributed by atoms with van der Waals surface area (Å²) in [5.74, 6) is -0.413. The van der Waals surface area contributed by atoms with Gasteiger partial charge in [0.1, 0.15) is 6.04 Å². The summed E-state index contributed by atoms with van der Waals surface area (Å²) in [5.41, 5.74) is 3.06. The molecule has 0 unspecified atom stereocenters. The van der Waals surface area contributed by atoms with E-state index < -0.39 is 12.0 Å². The van der Waals surface area contributed by atoms with Crippen LogP contribution in [0, 0.1) is 6.92 Å². The molecule has 7 heteroatoms. The first kappa shape index (κ1) is 17.0. The zero-order valence-corrected chi connectivity index (χ0v) is 14.6. The molecule has 7 nitrogen and oxygen atoms in total. The number of amides is 1. The molecule has 0 saturated heterocycles. The summed E-state index contributed by atoms with van der Waals surface area (Å²) < 4.78 is 5.12. The summed E-state index contributed by atoms with van der Waals surface area (Å²) >= 11 is 0. The molecule has 2 heterocycles. The lowest BCUT2D eigenvalue weighted by atomic mass is 9.93. The Bertz CT molecular complexity index is 1010. The zero-order chi connectivity index (χ0) is 19.0. The largest absolute Gasteiger partial charge is 0.480 e. The normalized spacial score (nSPS) is 16.0. The Balaban J connectivity index is 1.62. The number of fused-ring (bicyclic) bond motifs is 1. The Morgan fingerprint density at radius 1 is 1.11 bits per heavy atom. The predicted molar refractivity (Wildman–Crippen MR) is 95.9 cm³/mol. The maximum atomic E-state index is 13.0. The van der Waals surface area contributed by atoms with Crippen molar-refractivity contribution >= 4 is 11.9 Å². The molecule has 136 valence electrons. The van der Waals surface area contributed by atoms with Crippen LogP contribution in [0.4, 0.5) is 0 Å². The summed E-state index contributed by atoms with van der Waals surface area (Å²) in [6.07, 6.45) is 0.302. The standard InChI is InChI=1S/C20H17N3O4/c1-12-21-18(27-22-12)13-6-8-14(9-7-13)19(24)23-11-16-5-3-2-4-15(16)10-17(23)20(25)26/h2-9,17H,10-11H2,1H3,(H,25,26)/t17-/m0/s1. The molecule has 1 aliphatic rings. The number of rotatable bonds is 3. The average Bonchev–Trinajstić information content (AvgIpc) is 3.13. The van der Waals surface area contributed by atoms with E-state index in [-0.39, 0.29) is 12.5 Å². The van der Waals surface area contributed by atoms with Crippen LogP contribution < -0.4 is 0 Å². The number of carbonyl (C=O) groups is 2. The number of benzene rings is 2. The van der Waals surface area contributed by atoms with Gasteiger partial charge < -0.3 is 14.5 Å².